The molecule has 0 aliphatic carbocycles. The molecule has 0 aromatic heterocycles. The summed E-state index contributed by atoms with van der Waals surface area (Å²) < 4.78 is 27.7. The first-order valence-corrected chi connectivity index (χ1v) is 8.72. The Labute approximate surface area is 168 Å². The number of carbonyl (C=O) groups excluding carboxylic acids is 3. The molecule has 1 heterocycles. The Bertz CT molecular complexity index is 1000. The fourth-order valence-corrected chi connectivity index (χ4v) is 3.19. The maximum Gasteiger partial charge on any atom is 0.325 e. The quantitative estimate of drug-likeness (QED) is 0.730. The number of hydrogen-bond acceptors (Lipinski definition) is 3. The van der Waals surface area contributed by atoms with Crippen LogP contribution in [0.25, 0.3) is 0 Å². The molecule has 1 aliphatic heterocycles. The second kappa shape index (κ2) is 7.37. The predicted molar refractivity (Wildman–Crippen MR) is 99.0 cm³/mol. The van der Waals surface area contributed by atoms with Gasteiger partial charge < -0.3 is 10.6 Å². The number of anilines is 1. The Morgan fingerprint density at radius 1 is 1.21 bits per heavy atom. The molecule has 0 saturated carbocycles. The van der Waals surface area contributed by atoms with Crippen LogP contribution in [0.5, 0.6) is 0 Å². The maximum atomic E-state index is 14.1. The third-order valence-corrected chi connectivity index (χ3v) is 5.09. The Kier molecular flexibility index (Phi) is 5.27. The molecule has 1 atom stereocenters. The van der Waals surface area contributed by atoms with Gasteiger partial charge in [0, 0.05) is 5.56 Å². The van der Waals surface area contributed by atoms with Gasteiger partial charge in [-0.05, 0) is 37.3 Å². The van der Waals surface area contributed by atoms with Gasteiger partial charge >= 0.3 is 6.03 Å². The van der Waals surface area contributed by atoms with E-state index in [0.29, 0.717) is 4.90 Å². The van der Waals surface area contributed by atoms with Gasteiger partial charge in [-0.25, -0.2) is 13.6 Å². The molecule has 4 amide bonds. The van der Waals surface area contributed by atoms with E-state index in [-0.39, 0.29) is 21.3 Å². The van der Waals surface area contributed by atoms with E-state index in [1.165, 1.54) is 19.1 Å². The zero-order valence-electron chi connectivity index (χ0n) is 14.4. The molecule has 1 saturated heterocycles. The molecule has 0 radical (unpaired) electrons. The molecular weight excluding hydrogens is 415 g/mol. The van der Waals surface area contributed by atoms with Gasteiger partial charge in [0.05, 0.1) is 15.7 Å². The molecule has 3 rings (SSSR count). The zero-order chi connectivity index (χ0) is 20.6. The lowest BCUT2D eigenvalue weighted by atomic mass is 9.91. The van der Waals surface area contributed by atoms with Crippen molar-refractivity contribution in [3.63, 3.8) is 0 Å². The van der Waals surface area contributed by atoms with Gasteiger partial charge in [-0.3, -0.25) is 14.5 Å². The van der Waals surface area contributed by atoms with Gasteiger partial charge in [-0.1, -0.05) is 29.3 Å². The Morgan fingerprint density at radius 2 is 1.93 bits per heavy atom. The van der Waals surface area contributed by atoms with Crippen LogP contribution in [-0.4, -0.2) is 29.3 Å². The van der Waals surface area contributed by atoms with E-state index < -0.39 is 41.6 Å². The van der Waals surface area contributed by atoms with Crippen LogP contribution >= 0.6 is 23.2 Å². The molecule has 1 aliphatic rings. The highest BCUT2D eigenvalue weighted by Crippen LogP contribution is 2.32. The number of amides is 4. The fraction of sp³-hybridized carbons (Fsp3) is 0.167. The summed E-state index contributed by atoms with van der Waals surface area (Å²) in [5, 5.41) is 5.06. The van der Waals surface area contributed by atoms with Crippen LogP contribution in [0.4, 0.5) is 19.3 Å². The standard InChI is InChI=1S/C18H13Cl2F2N3O3/c1-18(10-7-9(21)5-6-12(10)22)16(27)25(17(28)24-18)8-14(26)23-13-4-2-3-11(19)15(13)20/h2-7H,8H2,1H3,(H,23,26)(H,24,28). The van der Waals surface area contributed by atoms with Crippen molar-refractivity contribution in [2.45, 2.75) is 12.5 Å². The summed E-state index contributed by atoms with van der Waals surface area (Å²) in [6.07, 6.45) is 0. The lowest BCUT2D eigenvalue weighted by Crippen LogP contribution is -2.42. The van der Waals surface area contributed by atoms with Crippen LogP contribution in [0, 0.1) is 11.6 Å². The van der Waals surface area contributed by atoms with Gasteiger partial charge in [-0.2, -0.15) is 0 Å². The van der Waals surface area contributed by atoms with Crippen molar-refractivity contribution in [1.29, 1.82) is 0 Å². The fourth-order valence-electron chi connectivity index (χ4n) is 2.84. The molecule has 0 spiro atoms. The summed E-state index contributed by atoms with van der Waals surface area (Å²) in [6, 6.07) is 6.23. The molecule has 1 unspecified atom stereocenters. The lowest BCUT2D eigenvalue weighted by molar-refractivity contribution is -0.133. The number of halogens is 4. The van der Waals surface area contributed by atoms with Crippen molar-refractivity contribution in [1.82, 2.24) is 10.2 Å². The third kappa shape index (κ3) is 3.53. The molecule has 0 bridgehead atoms. The summed E-state index contributed by atoms with van der Waals surface area (Å²) >= 11 is 11.9. The average molecular weight is 428 g/mol. The SMILES string of the molecule is CC1(c2cc(F)ccc2F)NC(=O)N(CC(=O)Nc2cccc(Cl)c2Cl)C1=O. The summed E-state index contributed by atoms with van der Waals surface area (Å²) in [4.78, 5) is 37.8. The number of carbonyl (C=O) groups is 3. The number of nitrogens with zero attached hydrogens (tertiary/aromatic N) is 1. The number of rotatable bonds is 4. The minimum atomic E-state index is -1.85. The Morgan fingerprint density at radius 3 is 2.64 bits per heavy atom. The van der Waals surface area contributed by atoms with Crippen LogP contribution in [-0.2, 0) is 15.1 Å². The van der Waals surface area contributed by atoms with Crippen molar-refractivity contribution in [3.8, 4) is 0 Å². The van der Waals surface area contributed by atoms with Crippen LogP contribution in [0.1, 0.15) is 12.5 Å². The van der Waals surface area contributed by atoms with E-state index in [1.807, 2.05) is 0 Å². The van der Waals surface area contributed by atoms with Crippen LogP contribution in [0.3, 0.4) is 0 Å². The van der Waals surface area contributed by atoms with Gasteiger partial charge in [-0.15, -0.1) is 0 Å². The Hall–Kier alpha value is -2.71. The number of urea groups is 1. The number of benzene rings is 2. The van der Waals surface area contributed by atoms with Crippen molar-refractivity contribution < 1.29 is 23.2 Å². The van der Waals surface area contributed by atoms with Gasteiger partial charge in [0.15, 0.2) is 0 Å². The first-order valence-electron chi connectivity index (χ1n) is 7.97. The highest BCUT2D eigenvalue weighted by Gasteiger charge is 2.50. The van der Waals surface area contributed by atoms with E-state index in [2.05, 4.69) is 10.6 Å². The van der Waals surface area contributed by atoms with Crippen LogP contribution in [0.15, 0.2) is 36.4 Å². The van der Waals surface area contributed by atoms with E-state index >= 15 is 0 Å². The number of nitrogens with one attached hydrogen (secondary N) is 2. The molecule has 2 aromatic rings. The predicted octanol–water partition coefficient (Wildman–Crippen LogP) is 3.68. The topological polar surface area (TPSA) is 78.5 Å². The average Bonchev–Trinajstić information content (AvgIpc) is 2.85. The lowest BCUT2D eigenvalue weighted by Gasteiger charge is -2.22. The second-order valence-electron chi connectivity index (χ2n) is 6.22. The van der Waals surface area contributed by atoms with E-state index in [4.69, 9.17) is 23.2 Å². The second-order valence-corrected chi connectivity index (χ2v) is 7.01. The molecule has 2 N–H and O–H groups in total. The van der Waals surface area contributed by atoms with Crippen molar-refractivity contribution >= 4 is 46.7 Å². The minimum absolute atomic E-state index is 0.0985. The van der Waals surface area contributed by atoms with Gasteiger partial charge in [0.1, 0.15) is 23.7 Å². The molecule has 146 valence electrons. The van der Waals surface area contributed by atoms with Crippen LogP contribution in [0.2, 0.25) is 10.0 Å². The Balaban J connectivity index is 1.81. The maximum absolute atomic E-state index is 14.1. The summed E-state index contributed by atoms with van der Waals surface area (Å²) in [7, 11) is 0. The summed E-state index contributed by atoms with van der Waals surface area (Å²) in [5.74, 6) is -3.26. The third-order valence-electron chi connectivity index (χ3n) is 4.27. The largest absolute Gasteiger partial charge is 0.325 e. The van der Waals surface area contributed by atoms with Crippen LogP contribution < -0.4 is 10.6 Å². The highest BCUT2D eigenvalue weighted by atomic mass is 35.5. The molecule has 10 heteroatoms. The van der Waals surface area contributed by atoms with E-state index in [0.717, 1.165) is 18.2 Å². The normalized spacial score (nSPS) is 19.0. The first kappa shape index (κ1) is 20.0. The molecule has 2 aromatic carbocycles. The van der Waals surface area contributed by atoms with Crippen molar-refractivity contribution in [2.75, 3.05) is 11.9 Å². The van der Waals surface area contributed by atoms with Crippen molar-refractivity contribution in [3.05, 3.63) is 63.6 Å². The van der Waals surface area contributed by atoms with Crippen molar-refractivity contribution in [2.24, 2.45) is 0 Å². The van der Waals surface area contributed by atoms with E-state index in [9.17, 15) is 23.2 Å². The van der Waals surface area contributed by atoms with Gasteiger partial charge in [0.25, 0.3) is 5.91 Å². The first-order chi connectivity index (χ1) is 13.1. The van der Waals surface area contributed by atoms with Gasteiger partial charge in [0.2, 0.25) is 5.91 Å². The molecule has 28 heavy (non-hydrogen) atoms. The summed E-state index contributed by atoms with van der Waals surface area (Å²) in [6.45, 7) is 0.580. The number of imide groups is 1. The monoisotopic (exact) mass is 427 g/mol. The smallest absolute Gasteiger partial charge is 0.323 e. The number of hydrogen-bond donors (Lipinski definition) is 2. The molecule has 6 nitrogen and oxygen atoms in total. The minimum Gasteiger partial charge on any atom is -0.323 e. The summed E-state index contributed by atoms with van der Waals surface area (Å²) in [5.41, 5.74) is -1.99. The molecular formula is C18H13Cl2F2N3O3. The molecule has 1 fully saturated rings. The highest BCUT2D eigenvalue weighted by molar-refractivity contribution is 6.44. The van der Waals surface area contributed by atoms with E-state index in [1.54, 1.807) is 6.07 Å². The zero-order valence-corrected chi connectivity index (χ0v) is 15.9.